The third-order valence-electron chi connectivity index (χ3n) is 2.40. The van der Waals surface area contributed by atoms with E-state index in [1.807, 2.05) is 0 Å². The summed E-state index contributed by atoms with van der Waals surface area (Å²) >= 11 is 5.77. The van der Waals surface area contributed by atoms with Gasteiger partial charge in [-0.1, -0.05) is 23.7 Å². The lowest BCUT2D eigenvalue weighted by atomic mass is 10.2. The maximum absolute atomic E-state index is 12.5. The highest BCUT2D eigenvalue weighted by molar-refractivity contribution is 6.32. The van der Waals surface area contributed by atoms with Crippen LogP contribution in [0.2, 0.25) is 5.02 Å². The zero-order valence-electron chi connectivity index (χ0n) is 9.54. The van der Waals surface area contributed by atoms with Crippen LogP contribution >= 0.6 is 11.6 Å². The van der Waals surface area contributed by atoms with Gasteiger partial charge in [0.1, 0.15) is 11.5 Å². The van der Waals surface area contributed by atoms with Gasteiger partial charge in [-0.05, 0) is 30.3 Å². The molecule has 100 valence electrons. The average molecular weight is 288 g/mol. The fourth-order valence-electron chi connectivity index (χ4n) is 1.45. The summed E-state index contributed by atoms with van der Waals surface area (Å²) in [5.74, 6) is 0.455. The van der Waals surface area contributed by atoms with Crippen LogP contribution in [0, 0.1) is 0 Å². The van der Waals surface area contributed by atoms with Crippen molar-refractivity contribution in [1.82, 2.24) is 0 Å². The van der Waals surface area contributed by atoms with E-state index in [4.69, 9.17) is 22.1 Å². The summed E-state index contributed by atoms with van der Waals surface area (Å²) in [7, 11) is 0. The smallest absolute Gasteiger partial charge is 0.416 e. The quantitative estimate of drug-likeness (QED) is 0.810. The van der Waals surface area contributed by atoms with Gasteiger partial charge in [0.2, 0.25) is 0 Å². The molecule has 2 nitrogen and oxygen atoms in total. The van der Waals surface area contributed by atoms with E-state index >= 15 is 0 Å². The van der Waals surface area contributed by atoms with E-state index in [9.17, 15) is 13.2 Å². The average Bonchev–Trinajstić information content (AvgIpc) is 2.33. The van der Waals surface area contributed by atoms with Gasteiger partial charge in [-0.15, -0.1) is 0 Å². The van der Waals surface area contributed by atoms with E-state index in [1.54, 1.807) is 24.3 Å². The summed E-state index contributed by atoms with van der Waals surface area (Å²) in [6.45, 7) is 0. The molecule has 2 aromatic carbocycles. The third kappa shape index (κ3) is 3.12. The van der Waals surface area contributed by atoms with Crippen molar-refractivity contribution in [3.63, 3.8) is 0 Å². The Bertz CT molecular complexity index is 599. The number of ether oxygens (including phenoxy) is 1. The Morgan fingerprint density at radius 2 is 1.68 bits per heavy atom. The Labute approximate surface area is 112 Å². The molecule has 0 aliphatic carbocycles. The number of anilines is 1. The van der Waals surface area contributed by atoms with Crippen molar-refractivity contribution in [1.29, 1.82) is 0 Å². The topological polar surface area (TPSA) is 35.2 Å². The fraction of sp³-hybridized carbons (Fsp3) is 0.0769. The Morgan fingerprint density at radius 3 is 2.26 bits per heavy atom. The molecule has 0 spiro atoms. The highest BCUT2D eigenvalue weighted by atomic mass is 35.5. The molecule has 2 aromatic rings. The molecular formula is C13H9ClF3NO. The van der Waals surface area contributed by atoms with Gasteiger partial charge in [-0.2, -0.15) is 13.2 Å². The van der Waals surface area contributed by atoms with Crippen molar-refractivity contribution in [2.45, 2.75) is 6.18 Å². The molecule has 0 saturated heterocycles. The number of halogens is 4. The molecule has 0 saturated carbocycles. The number of hydrogen-bond donors (Lipinski definition) is 1. The Balaban J connectivity index is 2.30. The lowest BCUT2D eigenvalue weighted by Crippen LogP contribution is -2.04. The standard InChI is InChI=1S/C13H9ClF3NO/c14-9-7-8(13(15,16)17)5-6-11(9)19-12-4-2-1-3-10(12)18/h1-7H,18H2. The fourth-order valence-corrected chi connectivity index (χ4v) is 1.67. The van der Waals surface area contributed by atoms with E-state index in [0.717, 1.165) is 18.2 Å². The molecule has 2 rings (SSSR count). The van der Waals surface area contributed by atoms with E-state index < -0.39 is 11.7 Å². The second-order valence-electron chi connectivity index (χ2n) is 3.78. The van der Waals surface area contributed by atoms with Crippen molar-refractivity contribution in [2.24, 2.45) is 0 Å². The van der Waals surface area contributed by atoms with Gasteiger partial charge in [-0.3, -0.25) is 0 Å². The van der Waals surface area contributed by atoms with E-state index in [0.29, 0.717) is 11.4 Å². The molecule has 0 fully saturated rings. The number of nitrogen functional groups attached to an aromatic ring is 1. The summed E-state index contributed by atoms with van der Waals surface area (Å²) in [5.41, 5.74) is 5.22. The molecule has 0 aliphatic heterocycles. The Morgan fingerprint density at radius 1 is 1.00 bits per heavy atom. The number of nitrogens with two attached hydrogens (primary N) is 1. The SMILES string of the molecule is Nc1ccccc1Oc1ccc(C(F)(F)F)cc1Cl. The zero-order valence-corrected chi connectivity index (χ0v) is 10.3. The highest BCUT2D eigenvalue weighted by Crippen LogP contribution is 2.37. The van der Waals surface area contributed by atoms with Crippen molar-refractivity contribution in [3.8, 4) is 11.5 Å². The zero-order chi connectivity index (χ0) is 14.0. The first kappa shape index (κ1) is 13.5. The molecule has 0 radical (unpaired) electrons. The van der Waals surface area contributed by atoms with Gasteiger partial charge in [0.15, 0.2) is 0 Å². The third-order valence-corrected chi connectivity index (χ3v) is 2.69. The molecule has 0 heterocycles. The summed E-state index contributed by atoms with van der Waals surface area (Å²) in [4.78, 5) is 0. The van der Waals surface area contributed by atoms with Gasteiger partial charge in [0, 0.05) is 0 Å². The van der Waals surface area contributed by atoms with Gasteiger partial charge < -0.3 is 10.5 Å². The first-order chi connectivity index (χ1) is 8.88. The van der Waals surface area contributed by atoms with Crippen molar-refractivity contribution >= 4 is 17.3 Å². The highest BCUT2D eigenvalue weighted by Gasteiger charge is 2.31. The minimum Gasteiger partial charge on any atom is -0.454 e. The van der Waals surface area contributed by atoms with Gasteiger partial charge in [0.05, 0.1) is 16.3 Å². The lowest BCUT2D eigenvalue weighted by molar-refractivity contribution is -0.137. The molecule has 0 atom stereocenters. The van der Waals surface area contributed by atoms with Crippen LogP contribution in [-0.2, 0) is 6.18 Å². The van der Waals surface area contributed by atoms with Crippen LogP contribution in [0.5, 0.6) is 11.5 Å². The summed E-state index contributed by atoms with van der Waals surface area (Å²) < 4.78 is 42.8. The van der Waals surface area contributed by atoms with E-state index in [1.165, 1.54) is 0 Å². The number of rotatable bonds is 2. The maximum atomic E-state index is 12.5. The molecule has 0 aromatic heterocycles. The van der Waals surface area contributed by atoms with E-state index in [2.05, 4.69) is 0 Å². The molecule has 0 unspecified atom stereocenters. The van der Waals surface area contributed by atoms with Crippen molar-refractivity contribution in [2.75, 3.05) is 5.73 Å². The minimum atomic E-state index is -4.44. The predicted octanol–water partition coefficient (Wildman–Crippen LogP) is 4.73. The normalized spacial score (nSPS) is 11.4. The lowest BCUT2D eigenvalue weighted by Gasteiger charge is -2.12. The van der Waals surface area contributed by atoms with Gasteiger partial charge in [0.25, 0.3) is 0 Å². The van der Waals surface area contributed by atoms with Crippen molar-refractivity contribution in [3.05, 3.63) is 53.1 Å². The summed E-state index contributed by atoms with van der Waals surface area (Å²) in [6.07, 6.45) is -4.44. The Kier molecular flexibility index (Phi) is 3.57. The maximum Gasteiger partial charge on any atom is 0.416 e. The molecule has 0 amide bonds. The minimum absolute atomic E-state index is 0.118. The van der Waals surface area contributed by atoms with Gasteiger partial charge >= 0.3 is 6.18 Å². The summed E-state index contributed by atoms with van der Waals surface area (Å²) in [6, 6.07) is 9.52. The second kappa shape index (κ2) is 5.01. The molecule has 2 N–H and O–H groups in total. The summed E-state index contributed by atoms with van der Waals surface area (Å²) in [5, 5.41) is -0.127. The molecule has 19 heavy (non-hydrogen) atoms. The molecule has 6 heteroatoms. The second-order valence-corrected chi connectivity index (χ2v) is 4.19. The predicted molar refractivity (Wildman–Crippen MR) is 67.4 cm³/mol. The van der Waals surface area contributed by atoms with Crippen LogP contribution in [0.3, 0.4) is 0 Å². The largest absolute Gasteiger partial charge is 0.454 e. The number of alkyl halides is 3. The van der Waals surface area contributed by atoms with Gasteiger partial charge in [-0.25, -0.2) is 0 Å². The number of benzene rings is 2. The van der Waals surface area contributed by atoms with Crippen LogP contribution in [0.25, 0.3) is 0 Å². The number of hydrogen-bond acceptors (Lipinski definition) is 2. The van der Waals surface area contributed by atoms with Crippen LogP contribution in [0.4, 0.5) is 18.9 Å². The monoisotopic (exact) mass is 287 g/mol. The van der Waals surface area contributed by atoms with E-state index in [-0.39, 0.29) is 10.8 Å². The van der Waals surface area contributed by atoms with Crippen molar-refractivity contribution < 1.29 is 17.9 Å². The van der Waals surface area contributed by atoms with Crippen LogP contribution in [0.1, 0.15) is 5.56 Å². The molecule has 0 bridgehead atoms. The van der Waals surface area contributed by atoms with Crippen LogP contribution in [-0.4, -0.2) is 0 Å². The first-order valence-electron chi connectivity index (χ1n) is 5.27. The Hall–Kier alpha value is -1.88. The first-order valence-corrected chi connectivity index (χ1v) is 5.65. The van der Waals surface area contributed by atoms with Crippen LogP contribution in [0.15, 0.2) is 42.5 Å². The van der Waals surface area contributed by atoms with Crippen LogP contribution < -0.4 is 10.5 Å². The number of para-hydroxylation sites is 2. The molecule has 0 aliphatic rings. The molecular weight excluding hydrogens is 279 g/mol.